The van der Waals surface area contributed by atoms with Crippen LogP contribution < -0.4 is 21.7 Å². The molecular weight excluding hydrogens is 381 g/mol. The van der Waals surface area contributed by atoms with Gasteiger partial charge in [-0.3, -0.25) is 10.4 Å². The molecule has 0 bridgehead atoms. The molecule has 1 aromatic heterocycles. The molecule has 2 aromatic carbocycles. The van der Waals surface area contributed by atoms with Crippen molar-refractivity contribution < 1.29 is 4.39 Å². The van der Waals surface area contributed by atoms with E-state index >= 15 is 0 Å². The summed E-state index contributed by atoms with van der Waals surface area (Å²) < 4.78 is 13.4. The van der Waals surface area contributed by atoms with E-state index < -0.39 is 0 Å². The summed E-state index contributed by atoms with van der Waals surface area (Å²) in [6.45, 7) is 5.41. The third-order valence-electron chi connectivity index (χ3n) is 4.90. The molecule has 152 valence electrons. The van der Waals surface area contributed by atoms with E-state index in [9.17, 15) is 4.39 Å². The lowest BCUT2D eigenvalue weighted by atomic mass is 10.0. The van der Waals surface area contributed by atoms with Gasteiger partial charge in [0, 0.05) is 41.6 Å². The lowest BCUT2D eigenvalue weighted by Gasteiger charge is -2.37. The topological polar surface area (TPSA) is 117 Å². The normalized spacial score (nSPS) is 13.6. The summed E-state index contributed by atoms with van der Waals surface area (Å²) >= 11 is 0. The number of benzene rings is 2. The van der Waals surface area contributed by atoms with Gasteiger partial charge in [-0.2, -0.15) is 0 Å². The summed E-state index contributed by atoms with van der Waals surface area (Å²) in [5, 5.41) is 11.5. The zero-order chi connectivity index (χ0) is 21.3. The van der Waals surface area contributed by atoms with E-state index in [4.69, 9.17) is 16.9 Å². The van der Waals surface area contributed by atoms with Crippen LogP contribution in [-0.2, 0) is 0 Å². The van der Waals surface area contributed by atoms with E-state index in [2.05, 4.69) is 26.8 Å². The largest absolute Gasteiger partial charge is 0.398 e. The van der Waals surface area contributed by atoms with E-state index in [0.29, 0.717) is 28.3 Å². The van der Waals surface area contributed by atoms with Gasteiger partial charge in [-0.25, -0.2) is 9.37 Å². The minimum absolute atomic E-state index is 0.108. The number of anilines is 3. The molecule has 4 rings (SSSR count). The average molecular weight is 403 g/mol. The molecular formula is C22H22FN7. The molecule has 0 unspecified atom stereocenters. The minimum Gasteiger partial charge on any atom is -0.398 e. The molecule has 0 atom stereocenters. The Bertz CT molecular complexity index is 1120. The van der Waals surface area contributed by atoms with Crippen LogP contribution in [0.4, 0.5) is 21.6 Å². The van der Waals surface area contributed by atoms with Crippen LogP contribution in [0.5, 0.6) is 0 Å². The van der Waals surface area contributed by atoms with E-state index in [1.54, 1.807) is 36.7 Å². The Kier molecular flexibility index (Phi) is 5.16. The molecule has 3 aromatic rings. The van der Waals surface area contributed by atoms with Crippen LogP contribution in [-0.4, -0.2) is 34.8 Å². The molecule has 1 aliphatic rings. The number of rotatable bonds is 6. The van der Waals surface area contributed by atoms with Crippen LogP contribution in [0.25, 0.3) is 11.3 Å². The molecule has 6 N–H and O–H groups in total. The van der Waals surface area contributed by atoms with Gasteiger partial charge in [0.15, 0.2) is 0 Å². The molecule has 0 aliphatic carbocycles. The number of allylic oxidation sites excluding steroid dienone is 1. The van der Waals surface area contributed by atoms with E-state index in [1.807, 2.05) is 6.07 Å². The van der Waals surface area contributed by atoms with Gasteiger partial charge in [0.05, 0.1) is 29.5 Å². The number of nitrogens with two attached hydrogens (primary N) is 2. The van der Waals surface area contributed by atoms with Crippen LogP contribution >= 0.6 is 0 Å². The highest BCUT2D eigenvalue weighted by Crippen LogP contribution is 2.26. The number of nitrogens with zero attached hydrogens (tertiary/aromatic N) is 3. The number of halogens is 1. The van der Waals surface area contributed by atoms with Crippen LogP contribution in [0, 0.1) is 11.2 Å². The van der Waals surface area contributed by atoms with Gasteiger partial charge in [-0.15, -0.1) is 0 Å². The summed E-state index contributed by atoms with van der Waals surface area (Å²) in [5.74, 6) is 0.391. The summed E-state index contributed by atoms with van der Waals surface area (Å²) in [6, 6.07) is 11.5. The minimum atomic E-state index is -0.373. The molecule has 0 spiro atoms. The second kappa shape index (κ2) is 7.92. The molecule has 7 nitrogen and oxygen atoms in total. The molecule has 1 fully saturated rings. The van der Waals surface area contributed by atoms with Gasteiger partial charge in [0.2, 0.25) is 0 Å². The zero-order valence-corrected chi connectivity index (χ0v) is 16.3. The molecule has 2 heterocycles. The van der Waals surface area contributed by atoms with Crippen LogP contribution in [0.3, 0.4) is 0 Å². The number of nitrogens with one attached hydrogen (secondary N) is 2. The van der Waals surface area contributed by atoms with Crippen molar-refractivity contribution in [1.29, 1.82) is 5.41 Å². The Hall–Kier alpha value is -3.78. The van der Waals surface area contributed by atoms with Gasteiger partial charge >= 0.3 is 0 Å². The fourth-order valence-electron chi connectivity index (χ4n) is 3.24. The fraction of sp³-hybridized carbons (Fsp3) is 0.136. The molecule has 1 aliphatic heterocycles. The Morgan fingerprint density at radius 1 is 1.20 bits per heavy atom. The van der Waals surface area contributed by atoms with Crippen molar-refractivity contribution in [3.05, 3.63) is 78.5 Å². The van der Waals surface area contributed by atoms with Crippen molar-refractivity contribution >= 4 is 22.9 Å². The third kappa shape index (κ3) is 3.99. The van der Waals surface area contributed by atoms with Crippen LogP contribution in [0.2, 0.25) is 0 Å². The maximum absolute atomic E-state index is 13.4. The number of aromatic nitrogens is 2. The number of hydrogen-bond donors (Lipinski definition) is 4. The highest BCUT2D eigenvalue weighted by atomic mass is 19.1. The molecule has 8 heteroatoms. The van der Waals surface area contributed by atoms with E-state index in [0.717, 1.165) is 24.5 Å². The first-order chi connectivity index (χ1) is 14.4. The van der Waals surface area contributed by atoms with Crippen LogP contribution in [0.1, 0.15) is 5.56 Å². The van der Waals surface area contributed by atoms with Crippen molar-refractivity contribution in [2.45, 2.75) is 6.04 Å². The summed E-state index contributed by atoms with van der Waals surface area (Å²) in [6.07, 6.45) is 3.38. The lowest BCUT2D eigenvalue weighted by molar-refractivity contribution is 0.514. The summed E-state index contributed by atoms with van der Waals surface area (Å²) in [4.78, 5) is 11.0. The second-order valence-corrected chi connectivity index (χ2v) is 7.22. The van der Waals surface area contributed by atoms with Crippen molar-refractivity contribution in [3.8, 4) is 11.3 Å². The van der Waals surface area contributed by atoms with Crippen molar-refractivity contribution in [1.82, 2.24) is 9.97 Å². The Morgan fingerprint density at radius 3 is 2.73 bits per heavy atom. The standard InChI is InChI=1S/C22H22FN7/c1-13(28-17-4-2-3-15(23)8-17)22(26)18-7-14(5-6-19(18)25)20-9-27-10-21(29-20)30-11-16(24)12-30/h2-10,16,26,28H,1,11-12,24-25H2. The van der Waals surface area contributed by atoms with Gasteiger partial charge in [-0.1, -0.05) is 18.7 Å². The van der Waals surface area contributed by atoms with Gasteiger partial charge in [0.25, 0.3) is 0 Å². The summed E-state index contributed by atoms with van der Waals surface area (Å²) in [7, 11) is 0. The number of nitrogen functional groups attached to an aromatic ring is 1. The second-order valence-electron chi connectivity index (χ2n) is 7.22. The lowest BCUT2D eigenvalue weighted by Crippen LogP contribution is -2.56. The molecule has 0 saturated carbocycles. The average Bonchev–Trinajstić information content (AvgIpc) is 2.71. The van der Waals surface area contributed by atoms with Crippen molar-refractivity contribution in [2.24, 2.45) is 5.73 Å². The molecule has 0 radical (unpaired) electrons. The fourth-order valence-corrected chi connectivity index (χ4v) is 3.24. The van der Waals surface area contributed by atoms with Gasteiger partial charge in [-0.05, 0) is 30.3 Å². The summed E-state index contributed by atoms with van der Waals surface area (Å²) in [5.41, 5.74) is 15.3. The third-order valence-corrected chi connectivity index (χ3v) is 4.90. The van der Waals surface area contributed by atoms with E-state index in [1.165, 1.54) is 12.1 Å². The molecule has 0 amide bonds. The van der Waals surface area contributed by atoms with Crippen molar-refractivity contribution in [2.75, 3.05) is 29.0 Å². The van der Waals surface area contributed by atoms with Gasteiger partial charge in [0.1, 0.15) is 11.6 Å². The first-order valence-electron chi connectivity index (χ1n) is 9.44. The van der Waals surface area contributed by atoms with Gasteiger partial charge < -0.3 is 21.7 Å². The number of hydrogen-bond acceptors (Lipinski definition) is 7. The first-order valence-corrected chi connectivity index (χ1v) is 9.44. The smallest absolute Gasteiger partial charge is 0.147 e. The maximum Gasteiger partial charge on any atom is 0.147 e. The first kappa shape index (κ1) is 19.5. The van der Waals surface area contributed by atoms with Crippen molar-refractivity contribution in [3.63, 3.8) is 0 Å². The SMILES string of the molecule is C=C(Nc1cccc(F)c1)C(=N)c1cc(-c2cncc(N3CC(N)C3)n2)ccc1N. The maximum atomic E-state index is 13.4. The zero-order valence-electron chi connectivity index (χ0n) is 16.3. The monoisotopic (exact) mass is 403 g/mol. The molecule has 30 heavy (non-hydrogen) atoms. The van der Waals surface area contributed by atoms with E-state index in [-0.39, 0.29) is 17.6 Å². The highest BCUT2D eigenvalue weighted by molar-refractivity contribution is 6.15. The quantitative estimate of drug-likeness (QED) is 0.371. The Balaban J connectivity index is 1.58. The predicted octanol–water partition coefficient (Wildman–Crippen LogP) is 3.01. The Morgan fingerprint density at radius 2 is 2.00 bits per heavy atom. The Labute approximate surface area is 173 Å². The highest BCUT2D eigenvalue weighted by Gasteiger charge is 2.24. The predicted molar refractivity (Wildman–Crippen MR) is 118 cm³/mol. The molecule has 1 saturated heterocycles. The van der Waals surface area contributed by atoms with Crippen LogP contribution in [0.15, 0.2) is 67.1 Å².